The minimum Gasteiger partial charge on any atom is -0.322 e. The average molecular weight is 618 g/mol. The predicted molar refractivity (Wildman–Crippen MR) is 180 cm³/mol. The fourth-order valence-corrected chi connectivity index (χ4v) is 6.23. The number of hydrogen-bond acceptors (Lipinski definition) is 4. The maximum absolute atomic E-state index is 13.6. The van der Waals surface area contributed by atoms with Crippen LogP contribution in [-0.2, 0) is 22.0 Å². The van der Waals surface area contributed by atoms with Gasteiger partial charge in [-0.25, -0.2) is 8.42 Å². The number of para-hydroxylation sites is 1. The van der Waals surface area contributed by atoms with E-state index in [9.17, 15) is 18.0 Å². The summed E-state index contributed by atoms with van der Waals surface area (Å²) in [7, 11) is -3.83. The second-order valence-corrected chi connectivity index (χ2v) is 13.5. The Hall–Kier alpha value is -5.21. The Morgan fingerprint density at radius 1 is 0.622 bits per heavy atom. The van der Waals surface area contributed by atoms with Crippen molar-refractivity contribution in [2.24, 2.45) is 0 Å². The van der Waals surface area contributed by atoms with Crippen molar-refractivity contribution in [3.05, 3.63) is 156 Å². The molecule has 0 spiro atoms. The molecule has 0 aliphatic heterocycles. The molecule has 0 radical (unpaired) electrons. The van der Waals surface area contributed by atoms with E-state index in [2.05, 4.69) is 31.4 Å². The molecule has 0 heterocycles. The molecule has 5 aromatic rings. The lowest BCUT2D eigenvalue weighted by Gasteiger charge is -2.25. The quantitative estimate of drug-likeness (QED) is 0.176. The van der Waals surface area contributed by atoms with Gasteiger partial charge in [0.05, 0.1) is 17.1 Å². The minimum atomic E-state index is -3.83. The van der Waals surface area contributed by atoms with Crippen molar-refractivity contribution in [1.82, 2.24) is 0 Å². The summed E-state index contributed by atoms with van der Waals surface area (Å²) in [6.07, 6.45) is 0. The van der Waals surface area contributed by atoms with Gasteiger partial charge in [0.15, 0.2) is 0 Å². The highest BCUT2D eigenvalue weighted by Crippen LogP contribution is 2.26. The van der Waals surface area contributed by atoms with Crippen molar-refractivity contribution < 1.29 is 18.0 Å². The fraction of sp³-hybridized carbons (Fsp3) is 0.135. The van der Waals surface area contributed by atoms with Crippen molar-refractivity contribution in [2.75, 3.05) is 14.9 Å². The van der Waals surface area contributed by atoms with Crippen LogP contribution in [-0.4, -0.2) is 20.2 Å². The average Bonchev–Trinajstić information content (AvgIpc) is 3.04. The zero-order valence-corrected chi connectivity index (χ0v) is 26.2. The highest BCUT2D eigenvalue weighted by Gasteiger charge is 2.25. The summed E-state index contributed by atoms with van der Waals surface area (Å²) in [5.74, 6) is -0.576. The van der Waals surface area contributed by atoms with Gasteiger partial charge in [0.25, 0.3) is 21.8 Å². The fourth-order valence-electron chi connectivity index (χ4n) is 4.76. The minimum absolute atomic E-state index is 0.00656. The van der Waals surface area contributed by atoms with E-state index in [0.29, 0.717) is 28.2 Å². The third-order valence-electron chi connectivity index (χ3n) is 7.31. The molecule has 0 unspecified atom stereocenters. The third kappa shape index (κ3) is 7.66. The van der Waals surface area contributed by atoms with E-state index in [1.807, 2.05) is 18.2 Å². The van der Waals surface area contributed by atoms with E-state index in [-0.39, 0.29) is 28.7 Å². The molecule has 2 amide bonds. The van der Waals surface area contributed by atoms with Gasteiger partial charge >= 0.3 is 0 Å². The number of carbonyl (C=O) groups excluding carboxylic acids is 2. The Kier molecular flexibility index (Phi) is 9.16. The van der Waals surface area contributed by atoms with E-state index in [4.69, 9.17) is 0 Å². The van der Waals surface area contributed by atoms with Crippen LogP contribution >= 0.6 is 0 Å². The lowest BCUT2D eigenvalue weighted by atomic mass is 9.87. The Balaban J connectivity index is 1.26. The Morgan fingerprint density at radius 3 is 1.62 bits per heavy atom. The Morgan fingerprint density at radius 2 is 1.11 bits per heavy atom. The molecule has 0 saturated carbocycles. The van der Waals surface area contributed by atoms with Gasteiger partial charge in [-0.1, -0.05) is 87.5 Å². The number of nitrogens with one attached hydrogen (secondary N) is 2. The lowest BCUT2D eigenvalue weighted by molar-refractivity contribution is 0.101. The van der Waals surface area contributed by atoms with Gasteiger partial charge in [-0.15, -0.1) is 0 Å². The van der Waals surface area contributed by atoms with E-state index in [1.165, 1.54) is 4.31 Å². The summed E-state index contributed by atoms with van der Waals surface area (Å²) >= 11 is 0. The van der Waals surface area contributed by atoms with Crippen LogP contribution in [0.25, 0.3) is 0 Å². The van der Waals surface area contributed by atoms with E-state index in [0.717, 1.165) is 11.1 Å². The summed E-state index contributed by atoms with van der Waals surface area (Å²) in [6.45, 7) is 6.45. The SMILES string of the molecule is CC(C)(C)c1ccc(C(=O)Nc2cccc(NC(=O)c3ccc(CN(c4ccccc4)S(=O)(=O)c4ccccc4)cc3)c2)cc1. The summed E-state index contributed by atoms with van der Waals surface area (Å²) < 4.78 is 28.5. The topological polar surface area (TPSA) is 95.6 Å². The molecule has 5 aromatic carbocycles. The van der Waals surface area contributed by atoms with E-state index >= 15 is 0 Å². The van der Waals surface area contributed by atoms with Crippen molar-refractivity contribution in [2.45, 2.75) is 37.6 Å². The van der Waals surface area contributed by atoms with Gasteiger partial charge in [0, 0.05) is 22.5 Å². The molecule has 0 aliphatic rings. The molecule has 0 aliphatic carbocycles. The molecule has 0 bridgehead atoms. The first-order valence-electron chi connectivity index (χ1n) is 14.6. The summed E-state index contributed by atoms with van der Waals surface area (Å²) in [5.41, 5.74) is 4.41. The maximum atomic E-state index is 13.6. The molecule has 45 heavy (non-hydrogen) atoms. The number of rotatable bonds is 9. The van der Waals surface area contributed by atoms with Crippen molar-refractivity contribution >= 4 is 38.9 Å². The van der Waals surface area contributed by atoms with Gasteiger partial charge < -0.3 is 10.6 Å². The van der Waals surface area contributed by atoms with Crippen LogP contribution in [0.4, 0.5) is 17.1 Å². The summed E-state index contributed by atoms with van der Waals surface area (Å²) in [5, 5.41) is 5.76. The van der Waals surface area contributed by atoms with Crippen LogP contribution in [0.1, 0.15) is 52.6 Å². The second kappa shape index (κ2) is 13.2. The zero-order chi connectivity index (χ0) is 32.0. The molecular formula is C37H35N3O4S. The molecule has 2 N–H and O–H groups in total. The molecule has 0 atom stereocenters. The predicted octanol–water partition coefficient (Wildman–Crippen LogP) is 7.88. The van der Waals surface area contributed by atoms with Gasteiger partial charge in [-0.2, -0.15) is 0 Å². The van der Waals surface area contributed by atoms with Crippen LogP contribution in [0.2, 0.25) is 0 Å². The standard InChI is InChI=1S/C37H35N3O4S/c1-37(2,3)30-23-21-29(22-24-30)36(42)39-32-12-10-11-31(25-32)38-35(41)28-19-17-27(18-20-28)26-40(33-13-6-4-7-14-33)45(43,44)34-15-8-5-9-16-34/h4-25H,26H2,1-3H3,(H,38,41)(H,39,42). The molecule has 0 aromatic heterocycles. The molecule has 5 rings (SSSR count). The van der Waals surface area contributed by atoms with Crippen LogP contribution in [0.3, 0.4) is 0 Å². The number of anilines is 3. The molecule has 8 heteroatoms. The summed E-state index contributed by atoms with van der Waals surface area (Å²) in [4.78, 5) is 26.1. The van der Waals surface area contributed by atoms with E-state index in [1.54, 1.807) is 115 Å². The zero-order valence-electron chi connectivity index (χ0n) is 25.4. The van der Waals surface area contributed by atoms with Gasteiger partial charge in [0.1, 0.15) is 0 Å². The largest absolute Gasteiger partial charge is 0.322 e. The number of sulfonamides is 1. The van der Waals surface area contributed by atoms with Gasteiger partial charge in [-0.3, -0.25) is 13.9 Å². The first kappa shape index (κ1) is 31.2. The van der Waals surface area contributed by atoms with Crippen molar-refractivity contribution in [3.8, 4) is 0 Å². The monoisotopic (exact) mass is 617 g/mol. The number of carbonyl (C=O) groups is 2. The molecule has 0 fully saturated rings. The number of benzene rings is 5. The smallest absolute Gasteiger partial charge is 0.264 e. The van der Waals surface area contributed by atoms with Gasteiger partial charge in [0.2, 0.25) is 0 Å². The van der Waals surface area contributed by atoms with Crippen molar-refractivity contribution in [3.63, 3.8) is 0 Å². The molecule has 7 nitrogen and oxygen atoms in total. The lowest BCUT2D eigenvalue weighted by Crippen LogP contribution is -2.30. The molecule has 228 valence electrons. The van der Waals surface area contributed by atoms with Gasteiger partial charge in [-0.05, 0) is 83.3 Å². The third-order valence-corrected chi connectivity index (χ3v) is 9.10. The maximum Gasteiger partial charge on any atom is 0.264 e. The van der Waals surface area contributed by atoms with Crippen molar-refractivity contribution in [1.29, 1.82) is 0 Å². The first-order valence-corrected chi connectivity index (χ1v) is 16.0. The van der Waals surface area contributed by atoms with Crippen LogP contribution in [0, 0.1) is 0 Å². The molecular weight excluding hydrogens is 582 g/mol. The summed E-state index contributed by atoms with van der Waals surface area (Å²) in [6, 6.07) is 38.5. The Bertz CT molecular complexity index is 1880. The van der Waals surface area contributed by atoms with Crippen LogP contribution in [0.5, 0.6) is 0 Å². The van der Waals surface area contributed by atoms with Crippen LogP contribution < -0.4 is 14.9 Å². The second-order valence-electron chi connectivity index (χ2n) is 11.7. The normalized spacial score (nSPS) is 11.4. The first-order chi connectivity index (χ1) is 21.5. The highest BCUT2D eigenvalue weighted by atomic mass is 32.2. The van der Waals surface area contributed by atoms with E-state index < -0.39 is 10.0 Å². The van der Waals surface area contributed by atoms with Crippen LogP contribution in [0.15, 0.2) is 138 Å². The number of nitrogens with zero attached hydrogens (tertiary/aromatic N) is 1. The number of hydrogen-bond donors (Lipinski definition) is 2. The number of amides is 2. The highest BCUT2D eigenvalue weighted by molar-refractivity contribution is 7.92. The Labute approximate surface area is 264 Å². The molecule has 0 saturated heterocycles.